The van der Waals surface area contributed by atoms with Crippen LogP contribution in [-0.4, -0.2) is 18.2 Å². The summed E-state index contributed by atoms with van der Waals surface area (Å²) < 4.78 is 5.16. The Labute approximate surface area is 116 Å². The molecule has 1 rings (SSSR count). The van der Waals surface area contributed by atoms with Gasteiger partial charge in [-0.1, -0.05) is 32.1 Å². The van der Waals surface area contributed by atoms with Crippen molar-refractivity contribution < 1.29 is 9.53 Å². The van der Waals surface area contributed by atoms with Crippen LogP contribution in [0.2, 0.25) is 0 Å². The van der Waals surface area contributed by atoms with Gasteiger partial charge in [-0.05, 0) is 33.1 Å². The fourth-order valence-electron chi connectivity index (χ4n) is 2.53. The van der Waals surface area contributed by atoms with Crippen LogP contribution >= 0.6 is 0 Å². The van der Waals surface area contributed by atoms with Crippen molar-refractivity contribution in [1.29, 1.82) is 5.26 Å². The Balaban J connectivity index is 2.28. The van der Waals surface area contributed by atoms with Crippen molar-refractivity contribution in [2.45, 2.75) is 64.9 Å². The molecule has 0 saturated heterocycles. The van der Waals surface area contributed by atoms with E-state index in [0.717, 1.165) is 6.42 Å². The average molecular weight is 266 g/mol. The van der Waals surface area contributed by atoms with Gasteiger partial charge < -0.3 is 10.1 Å². The zero-order valence-electron chi connectivity index (χ0n) is 12.4. The summed E-state index contributed by atoms with van der Waals surface area (Å²) in [5.41, 5.74) is -0.490. The van der Waals surface area contributed by atoms with Crippen LogP contribution in [-0.2, 0) is 4.74 Å². The number of carbonyl (C=O) groups excluding carboxylic acids is 1. The summed E-state index contributed by atoms with van der Waals surface area (Å²) in [6.07, 6.45) is 6.80. The van der Waals surface area contributed by atoms with Gasteiger partial charge in [0.2, 0.25) is 0 Å². The Morgan fingerprint density at radius 3 is 2.53 bits per heavy atom. The molecule has 4 nitrogen and oxygen atoms in total. The molecule has 1 amide bonds. The monoisotopic (exact) mass is 266 g/mol. The average Bonchev–Trinajstić information content (AvgIpc) is 2.33. The van der Waals surface area contributed by atoms with E-state index in [-0.39, 0.29) is 5.92 Å². The molecule has 0 radical (unpaired) electrons. The van der Waals surface area contributed by atoms with E-state index in [1.807, 2.05) is 20.8 Å². The van der Waals surface area contributed by atoms with Gasteiger partial charge in [-0.3, -0.25) is 0 Å². The number of ether oxygens (including phenoxy) is 1. The summed E-state index contributed by atoms with van der Waals surface area (Å²) in [5, 5.41) is 11.9. The molecule has 0 unspecified atom stereocenters. The third-order valence-electron chi connectivity index (χ3n) is 3.42. The van der Waals surface area contributed by atoms with Crippen LogP contribution in [0.1, 0.15) is 59.3 Å². The molecular formula is C15H26N2O2. The van der Waals surface area contributed by atoms with Gasteiger partial charge in [-0.2, -0.15) is 5.26 Å². The van der Waals surface area contributed by atoms with E-state index < -0.39 is 11.7 Å². The van der Waals surface area contributed by atoms with Crippen molar-refractivity contribution in [3.05, 3.63) is 0 Å². The first-order valence-electron chi connectivity index (χ1n) is 7.27. The summed E-state index contributed by atoms with van der Waals surface area (Å²) >= 11 is 0. The van der Waals surface area contributed by atoms with Crippen molar-refractivity contribution in [3.8, 4) is 6.07 Å². The molecule has 1 atom stereocenters. The molecule has 19 heavy (non-hydrogen) atoms. The third kappa shape index (κ3) is 7.05. The lowest BCUT2D eigenvalue weighted by atomic mass is 9.83. The van der Waals surface area contributed by atoms with Gasteiger partial charge in [0.25, 0.3) is 0 Å². The van der Waals surface area contributed by atoms with E-state index in [0.29, 0.717) is 12.5 Å². The highest BCUT2D eigenvalue weighted by atomic mass is 16.6. The molecule has 0 aliphatic heterocycles. The summed E-state index contributed by atoms with van der Waals surface area (Å²) in [4.78, 5) is 11.5. The molecular weight excluding hydrogens is 240 g/mol. The Morgan fingerprint density at radius 1 is 1.37 bits per heavy atom. The van der Waals surface area contributed by atoms with Gasteiger partial charge in [0.15, 0.2) is 0 Å². The normalized spacial score (nSPS) is 18.4. The Kier molecular flexibility index (Phi) is 6.14. The summed E-state index contributed by atoms with van der Waals surface area (Å²) in [5.74, 6) is 0.550. The minimum absolute atomic E-state index is 0.101. The standard InChI is InChI=1S/C15H26N2O2/c1-15(2,3)19-14(18)17-11-13(10-16)9-12-7-5-4-6-8-12/h12-13H,4-9,11H2,1-3H3,(H,17,18)/t13-/m1/s1. The van der Waals surface area contributed by atoms with Gasteiger partial charge in [0.1, 0.15) is 5.60 Å². The van der Waals surface area contributed by atoms with Crippen LogP contribution < -0.4 is 5.32 Å². The number of amides is 1. The number of carbonyl (C=O) groups is 1. The van der Waals surface area contributed by atoms with E-state index in [1.165, 1.54) is 32.1 Å². The second-order valence-corrected chi connectivity index (χ2v) is 6.45. The lowest BCUT2D eigenvalue weighted by Gasteiger charge is -2.24. The molecule has 0 aromatic rings. The van der Waals surface area contributed by atoms with Crippen molar-refractivity contribution in [2.75, 3.05) is 6.54 Å². The van der Waals surface area contributed by atoms with Crippen molar-refractivity contribution >= 4 is 6.09 Å². The number of nitrogens with zero attached hydrogens (tertiary/aromatic N) is 1. The lowest BCUT2D eigenvalue weighted by Crippen LogP contribution is -2.35. The number of rotatable bonds is 4. The quantitative estimate of drug-likeness (QED) is 0.845. The van der Waals surface area contributed by atoms with Gasteiger partial charge in [0.05, 0.1) is 12.0 Å². The highest BCUT2D eigenvalue weighted by Gasteiger charge is 2.21. The second kappa shape index (κ2) is 7.37. The van der Waals surface area contributed by atoms with Crippen LogP contribution in [0.4, 0.5) is 4.79 Å². The molecule has 0 bridgehead atoms. The Bertz CT molecular complexity index is 322. The number of nitriles is 1. The van der Waals surface area contributed by atoms with Crippen LogP contribution in [0.25, 0.3) is 0 Å². The zero-order chi connectivity index (χ0) is 14.3. The first-order valence-corrected chi connectivity index (χ1v) is 7.27. The lowest BCUT2D eigenvalue weighted by molar-refractivity contribution is 0.0521. The van der Waals surface area contributed by atoms with Gasteiger partial charge in [0, 0.05) is 6.54 Å². The number of nitrogens with one attached hydrogen (secondary N) is 1. The van der Waals surface area contributed by atoms with E-state index >= 15 is 0 Å². The molecule has 0 heterocycles. The zero-order valence-corrected chi connectivity index (χ0v) is 12.4. The topological polar surface area (TPSA) is 62.1 Å². The summed E-state index contributed by atoms with van der Waals surface area (Å²) in [6, 6.07) is 2.30. The highest BCUT2D eigenvalue weighted by Crippen LogP contribution is 2.28. The molecule has 1 fully saturated rings. The maximum Gasteiger partial charge on any atom is 0.407 e. The summed E-state index contributed by atoms with van der Waals surface area (Å²) in [6.45, 7) is 5.88. The van der Waals surface area contributed by atoms with E-state index in [4.69, 9.17) is 10.00 Å². The second-order valence-electron chi connectivity index (χ2n) is 6.45. The molecule has 108 valence electrons. The smallest absolute Gasteiger partial charge is 0.407 e. The Hall–Kier alpha value is -1.24. The maximum atomic E-state index is 11.5. The highest BCUT2D eigenvalue weighted by molar-refractivity contribution is 5.67. The molecule has 0 aromatic heterocycles. The van der Waals surface area contributed by atoms with Gasteiger partial charge >= 0.3 is 6.09 Å². The largest absolute Gasteiger partial charge is 0.444 e. The third-order valence-corrected chi connectivity index (χ3v) is 3.42. The van der Waals surface area contributed by atoms with Crippen LogP contribution in [0.5, 0.6) is 0 Å². The Morgan fingerprint density at radius 2 is 2.00 bits per heavy atom. The molecule has 1 N–H and O–H groups in total. The minimum atomic E-state index is -0.490. The predicted molar refractivity (Wildman–Crippen MR) is 74.5 cm³/mol. The van der Waals surface area contributed by atoms with Crippen LogP contribution in [0.15, 0.2) is 0 Å². The van der Waals surface area contributed by atoms with E-state index in [2.05, 4.69) is 11.4 Å². The molecule has 1 aliphatic rings. The number of alkyl carbamates (subject to hydrolysis) is 1. The van der Waals surface area contributed by atoms with Crippen LogP contribution in [0.3, 0.4) is 0 Å². The summed E-state index contributed by atoms with van der Waals surface area (Å²) in [7, 11) is 0. The van der Waals surface area contributed by atoms with Crippen molar-refractivity contribution in [3.63, 3.8) is 0 Å². The van der Waals surface area contributed by atoms with Crippen molar-refractivity contribution in [1.82, 2.24) is 5.32 Å². The number of hydrogen-bond acceptors (Lipinski definition) is 3. The predicted octanol–water partition coefficient (Wildman–Crippen LogP) is 3.62. The maximum absolute atomic E-state index is 11.5. The van der Waals surface area contributed by atoms with Crippen molar-refractivity contribution in [2.24, 2.45) is 11.8 Å². The first kappa shape index (κ1) is 15.8. The SMILES string of the molecule is CC(C)(C)OC(=O)NC[C@@H](C#N)CC1CCCCC1. The minimum Gasteiger partial charge on any atom is -0.444 e. The number of hydrogen-bond donors (Lipinski definition) is 1. The first-order chi connectivity index (χ1) is 8.90. The molecule has 0 aromatic carbocycles. The van der Waals surface area contributed by atoms with E-state index in [1.54, 1.807) is 0 Å². The van der Waals surface area contributed by atoms with Gasteiger partial charge in [-0.15, -0.1) is 0 Å². The fourth-order valence-corrected chi connectivity index (χ4v) is 2.53. The fraction of sp³-hybridized carbons (Fsp3) is 0.867. The van der Waals surface area contributed by atoms with Gasteiger partial charge in [-0.25, -0.2) is 4.79 Å². The van der Waals surface area contributed by atoms with E-state index in [9.17, 15) is 4.79 Å². The molecule has 1 saturated carbocycles. The van der Waals surface area contributed by atoms with Crippen LogP contribution in [0, 0.1) is 23.2 Å². The molecule has 1 aliphatic carbocycles. The molecule has 4 heteroatoms. The molecule has 0 spiro atoms.